The molecule has 1 aromatic carbocycles. The number of carbonyl (C=O) groups is 2. The van der Waals surface area contributed by atoms with Gasteiger partial charge in [-0.25, -0.2) is 14.1 Å². The van der Waals surface area contributed by atoms with E-state index in [2.05, 4.69) is 4.74 Å². The maximum Gasteiger partial charge on any atom is 0.416 e. The van der Waals surface area contributed by atoms with Crippen LogP contribution in [0.25, 0.3) is 0 Å². The Labute approximate surface area is 123 Å². The zero-order valence-electron chi connectivity index (χ0n) is 12.3. The Bertz CT molecular complexity index is 577. The fourth-order valence-corrected chi connectivity index (χ4v) is 1.70. The lowest BCUT2D eigenvalue weighted by molar-refractivity contribution is 0.0680. The van der Waals surface area contributed by atoms with Crippen LogP contribution in [0.1, 0.15) is 36.2 Å². The van der Waals surface area contributed by atoms with Crippen molar-refractivity contribution in [1.29, 1.82) is 0 Å². The summed E-state index contributed by atoms with van der Waals surface area (Å²) in [7, 11) is 1.19. The molecule has 0 aliphatic rings. The highest BCUT2D eigenvalue weighted by Crippen LogP contribution is 2.14. The van der Waals surface area contributed by atoms with Crippen molar-refractivity contribution in [2.45, 2.75) is 20.3 Å². The van der Waals surface area contributed by atoms with Crippen LogP contribution in [-0.2, 0) is 4.74 Å². The lowest BCUT2D eigenvalue weighted by atomic mass is 10.1. The van der Waals surface area contributed by atoms with E-state index >= 15 is 0 Å². The van der Waals surface area contributed by atoms with Gasteiger partial charge in [-0.05, 0) is 36.5 Å². The smallest absolute Gasteiger partial charge is 0.416 e. The molecule has 0 aromatic heterocycles. The molecule has 0 heterocycles. The van der Waals surface area contributed by atoms with Gasteiger partial charge in [-0.1, -0.05) is 20.3 Å². The number of hydrogen-bond donors (Lipinski definition) is 0. The molecule has 5 heteroatoms. The molecule has 2 amide bonds. The van der Waals surface area contributed by atoms with Gasteiger partial charge in [-0.3, -0.25) is 4.79 Å². The lowest BCUT2D eigenvalue weighted by Gasteiger charge is -2.22. The van der Waals surface area contributed by atoms with Gasteiger partial charge in [0.2, 0.25) is 0 Å². The first-order valence-corrected chi connectivity index (χ1v) is 6.56. The minimum Gasteiger partial charge on any atom is -0.452 e. The van der Waals surface area contributed by atoms with Gasteiger partial charge in [0.1, 0.15) is 5.82 Å². The fraction of sp³-hybridized carbons (Fsp3) is 0.375. The lowest BCUT2D eigenvalue weighted by Crippen LogP contribution is -2.39. The normalized spacial score (nSPS) is 11.4. The summed E-state index contributed by atoms with van der Waals surface area (Å²) < 4.78 is 18.2. The number of ether oxygens (including phenoxy) is 1. The topological polar surface area (TPSA) is 46.6 Å². The average Bonchev–Trinajstić information content (AvgIpc) is 2.50. The zero-order chi connectivity index (χ0) is 16.0. The van der Waals surface area contributed by atoms with Crippen molar-refractivity contribution >= 4 is 12.0 Å². The maximum atomic E-state index is 13.6. The standard InChI is InChI=1S/C16H17FNO3/c1-5-11(3)10-18(16(20)21-4)15(19)13-8-7-12(6-2)14(17)9-13/h7-9,11H,5,10H2,1,3-4H3. The summed E-state index contributed by atoms with van der Waals surface area (Å²) in [6, 6.07) is 3.62. The van der Waals surface area contributed by atoms with E-state index in [0.29, 0.717) is 0 Å². The molecule has 0 spiro atoms. The van der Waals surface area contributed by atoms with Crippen LogP contribution in [0.4, 0.5) is 9.18 Å². The maximum absolute atomic E-state index is 13.6. The number of benzene rings is 1. The Morgan fingerprint density at radius 3 is 2.62 bits per heavy atom. The van der Waals surface area contributed by atoms with E-state index in [-0.39, 0.29) is 23.6 Å². The van der Waals surface area contributed by atoms with Gasteiger partial charge in [-0.2, -0.15) is 0 Å². The summed E-state index contributed by atoms with van der Waals surface area (Å²) >= 11 is 0. The number of methoxy groups -OCH3 is 1. The summed E-state index contributed by atoms with van der Waals surface area (Å²) in [4.78, 5) is 25.0. The van der Waals surface area contributed by atoms with E-state index in [9.17, 15) is 14.0 Å². The summed E-state index contributed by atoms with van der Waals surface area (Å²) in [5.74, 6) is 0.669. The monoisotopic (exact) mass is 290 g/mol. The van der Waals surface area contributed by atoms with Crippen molar-refractivity contribution in [3.8, 4) is 5.92 Å². The van der Waals surface area contributed by atoms with Gasteiger partial charge >= 0.3 is 6.09 Å². The first-order chi connectivity index (χ1) is 9.94. The summed E-state index contributed by atoms with van der Waals surface area (Å²) in [5, 5.41) is 0. The number of carbonyl (C=O) groups excluding carboxylic acids is 2. The van der Waals surface area contributed by atoms with Crippen molar-refractivity contribution in [3.63, 3.8) is 0 Å². The third-order valence-corrected chi connectivity index (χ3v) is 3.18. The second-order valence-corrected chi connectivity index (χ2v) is 4.72. The van der Waals surface area contributed by atoms with E-state index in [1.807, 2.05) is 19.8 Å². The van der Waals surface area contributed by atoms with Gasteiger partial charge in [-0.15, -0.1) is 0 Å². The van der Waals surface area contributed by atoms with Crippen molar-refractivity contribution in [1.82, 2.24) is 4.90 Å². The Morgan fingerprint density at radius 1 is 1.48 bits per heavy atom. The Hall–Kier alpha value is -2.35. The van der Waals surface area contributed by atoms with Gasteiger partial charge in [0.25, 0.3) is 5.91 Å². The van der Waals surface area contributed by atoms with Crippen molar-refractivity contribution in [2.24, 2.45) is 5.92 Å². The van der Waals surface area contributed by atoms with E-state index in [1.54, 1.807) is 0 Å². The largest absolute Gasteiger partial charge is 0.452 e. The van der Waals surface area contributed by atoms with Crippen molar-refractivity contribution in [2.75, 3.05) is 13.7 Å². The molecule has 111 valence electrons. The van der Waals surface area contributed by atoms with Crippen LogP contribution >= 0.6 is 0 Å². The Kier molecular flexibility index (Phi) is 5.92. The van der Waals surface area contributed by atoms with Crippen LogP contribution in [0.2, 0.25) is 0 Å². The molecular formula is C16H17FNO3. The highest BCUT2D eigenvalue weighted by Gasteiger charge is 2.25. The molecule has 1 rings (SSSR count). The molecule has 0 saturated heterocycles. The SMILES string of the molecule is [C]#Cc1ccc(C(=O)N(CC(C)CC)C(=O)OC)cc1F. The third-order valence-electron chi connectivity index (χ3n) is 3.18. The van der Waals surface area contributed by atoms with Crippen LogP contribution in [0.5, 0.6) is 0 Å². The van der Waals surface area contributed by atoms with Crippen LogP contribution in [0.3, 0.4) is 0 Å². The first-order valence-electron chi connectivity index (χ1n) is 6.56. The number of amides is 2. The molecule has 1 atom stereocenters. The summed E-state index contributed by atoms with van der Waals surface area (Å²) in [5.41, 5.74) is -0.0155. The molecule has 0 aliphatic heterocycles. The molecule has 0 bridgehead atoms. The molecular weight excluding hydrogens is 273 g/mol. The molecule has 0 saturated carbocycles. The Morgan fingerprint density at radius 2 is 2.14 bits per heavy atom. The van der Waals surface area contributed by atoms with Gasteiger partial charge in [0.05, 0.1) is 12.7 Å². The van der Waals surface area contributed by atoms with Crippen molar-refractivity contribution < 1.29 is 18.7 Å². The third kappa shape index (κ3) is 4.06. The van der Waals surface area contributed by atoms with E-state index in [1.165, 1.54) is 19.2 Å². The number of hydrogen-bond acceptors (Lipinski definition) is 3. The second-order valence-electron chi connectivity index (χ2n) is 4.72. The molecule has 1 unspecified atom stereocenters. The van der Waals surface area contributed by atoms with Crippen LogP contribution in [0.15, 0.2) is 18.2 Å². The minimum atomic E-state index is -0.775. The van der Waals surface area contributed by atoms with Crippen molar-refractivity contribution in [3.05, 3.63) is 41.6 Å². The molecule has 21 heavy (non-hydrogen) atoms. The molecule has 0 aliphatic carbocycles. The fourth-order valence-electron chi connectivity index (χ4n) is 1.70. The van der Waals surface area contributed by atoms with Gasteiger partial charge < -0.3 is 4.74 Å². The number of halogens is 1. The molecule has 0 N–H and O–H groups in total. The zero-order valence-corrected chi connectivity index (χ0v) is 12.3. The Balaban J connectivity index is 3.08. The number of nitrogens with zero attached hydrogens (tertiary/aromatic N) is 1. The molecule has 1 aromatic rings. The van der Waals surface area contributed by atoms with Gasteiger partial charge in [0.15, 0.2) is 0 Å². The predicted octanol–water partition coefficient (Wildman–Crippen LogP) is 3.02. The predicted molar refractivity (Wildman–Crippen MR) is 75.5 cm³/mol. The highest BCUT2D eigenvalue weighted by molar-refractivity contribution is 6.03. The molecule has 0 fully saturated rings. The first kappa shape index (κ1) is 16.7. The number of rotatable bonds is 4. The van der Waals surface area contributed by atoms with Crippen LogP contribution in [0, 0.1) is 24.1 Å². The van der Waals surface area contributed by atoms with E-state index in [4.69, 9.17) is 6.42 Å². The van der Waals surface area contributed by atoms with E-state index in [0.717, 1.165) is 17.4 Å². The quantitative estimate of drug-likeness (QED) is 0.801. The van der Waals surface area contributed by atoms with Crippen LogP contribution in [-0.4, -0.2) is 30.6 Å². The average molecular weight is 290 g/mol. The summed E-state index contributed by atoms with van der Waals surface area (Å²) in [6.07, 6.45) is 6.92. The second kappa shape index (κ2) is 7.44. The minimum absolute atomic E-state index is 0.0280. The van der Waals surface area contributed by atoms with Crippen LogP contribution < -0.4 is 0 Å². The molecule has 1 radical (unpaired) electrons. The van der Waals surface area contributed by atoms with Gasteiger partial charge in [0, 0.05) is 12.1 Å². The highest BCUT2D eigenvalue weighted by atomic mass is 19.1. The van der Waals surface area contributed by atoms with E-state index < -0.39 is 17.8 Å². The molecule has 4 nitrogen and oxygen atoms in total. The summed E-state index contributed by atoms with van der Waals surface area (Å²) in [6.45, 7) is 4.04. The number of imide groups is 1.